The van der Waals surface area contributed by atoms with Crippen LogP contribution in [-0.2, 0) is 11.3 Å². The maximum Gasteiger partial charge on any atom is 0.340 e. The van der Waals surface area contributed by atoms with Gasteiger partial charge in [-0.05, 0) is 43.4 Å². The van der Waals surface area contributed by atoms with Gasteiger partial charge in [-0.15, -0.1) is 0 Å². The van der Waals surface area contributed by atoms with E-state index in [4.69, 9.17) is 15.6 Å². The molecule has 1 heterocycles. The average molecular weight is 292 g/mol. The number of likely N-dealkylation sites (tertiary alicyclic amines) is 1. The molecule has 0 radical (unpaired) electrons. The highest BCUT2D eigenvalue weighted by Crippen LogP contribution is 2.24. The Labute approximate surface area is 125 Å². The Kier molecular flexibility index (Phi) is 5.59. The van der Waals surface area contributed by atoms with Crippen LogP contribution in [0.4, 0.5) is 5.69 Å². The molecular formula is C16H24N2O3. The number of anilines is 1. The molecule has 1 unspecified atom stereocenters. The fourth-order valence-corrected chi connectivity index (χ4v) is 3.06. The second-order valence-corrected chi connectivity index (χ2v) is 5.63. The molecule has 0 bridgehead atoms. The second-order valence-electron chi connectivity index (χ2n) is 5.63. The van der Waals surface area contributed by atoms with Crippen LogP contribution in [0.2, 0.25) is 0 Å². The van der Waals surface area contributed by atoms with Gasteiger partial charge in [-0.1, -0.05) is 12.1 Å². The topological polar surface area (TPSA) is 75.8 Å². The van der Waals surface area contributed by atoms with E-state index in [1.54, 1.807) is 6.07 Å². The van der Waals surface area contributed by atoms with Crippen molar-refractivity contribution in [2.45, 2.75) is 25.8 Å². The molecular weight excluding hydrogens is 268 g/mol. The van der Waals surface area contributed by atoms with Gasteiger partial charge in [-0.2, -0.15) is 0 Å². The van der Waals surface area contributed by atoms with Gasteiger partial charge in [0.2, 0.25) is 0 Å². The first kappa shape index (κ1) is 15.8. The van der Waals surface area contributed by atoms with E-state index in [-0.39, 0.29) is 12.6 Å². The largest absolute Gasteiger partial charge is 0.465 e. The lowest BCUT2D eigenvalue weighted by molar-refractivity contribution is 0.0598. The molecule has 5 nitrogen and oxygen atoms in total. The molecule has 1 aromatic rings. The number of methoxy groups -OCH3 is 1. The van der Waals surface area contributed by atoms with Crippen LogP contribution >= 0.6 is 0 Å². The predicted molar refractivity (Wildman–Crippen MR) is 81.9 cm³/mol. The number of benzene rings is 1. The van der Waals surface area contributed by atoms with E-state index in [1.165, 1.54) is 7.11 Å². The summed E-state index contributed by atoms with van der Waals surface area (Å²) in [5.41, 5.74) is 7.77. The zero-order chi connectivity index (χ0) is 15.2. The number of aliphatic hydroxyl groups excluding tert-OH is 1. The SMILES string of the molecule is COC(=O)c1c(N)cccc1CN1CCCC(CCO)C1. The van der Waals surface area contributed by atoms with Gasteiger partial charge in [0.25, 0.3) is 0 Å². The van der Waals surface area contributed by atoms with Crippen LogP contribution in [0.15, 0.2) is 18.2 Å². The monoisotopic (exact) mass is 292 g/mol. The summed E-state index contributed by atoms with van der Waals surface area (Å²) in [6.07, 6.45) is 3.13. The van der Waals surface area contributed by atoms with E-state index >= 15 is 0 Å². The van der Waals surface area contributed by atoms with Gasteiger partial charge in [0, 0.05) is 25.4 Å². The van der Waals surface area contributed by atoms with Crippen molar-refractivity contribution < 1.29 is 14.6 Å². The molecule has 2 rings (SSSR count). The molecule has 1 saturated heterocycles. The number of esters is 1. The van der Waals surface area contributed by atoms with Crippen molar-refractivity contribution in [3.63, 3.8) is 0 Å². The molecule has 1 aromatic carbocycles. The third-order valence-corrected chi connectivity index (χ3v) is 4.11. The third-order valence-electron chi connectivity index (χ3n) is 4.11. The molecule has 3 N–H and O–H groups in total. The van der Waals surface area contributed by atoms with Gasteiger partial charge in [0.1, 0.15) is 0 Å². The van der Waals surface area contributed by atoms with Crippen molar-refractivity contribution in [1.82, 2.24) is 4.90 Å². The standard InChI is InChI=1S/C16H24N2O3/c1-21-16(20)15-13(5-2-6-14(15)17)11-18-8-3-4-12(10-18)7-9-19/h2,5-6,12,19H,3-4,7-11,17H2,1H3. The number of ether oxygens (including phenoxy) is 1. The van der Waals surface area contributed by atoms with E-state index in [0.717, 1.165) is 37.9 Å². The summed E-state index contributed by atoms with van der Waals surface area (Å²) in [4.78, 5) is 14.2. The van der Waals surface area contributed by atoms with Crippen LogP contribution in [0.25, 0.3) is 0 Å². The molecule has 0 spiro atoms. The smallest absolute Gasteiger partial charge is 0.340 e. The van der Waals surface area contributed by atoms with Crippen molar-refractivity contribution in [1.29, 1.82) is 0 Å². The van der Waals surface area contributed by atoms with E-state index in [1.807, 2.05) is 12.1 Å². The minimum Gasteiger partial charge on any atom is -0.465 e. The minimum atomic E-state index is -0.382. The van der Waals surface area contributed by atoms with Gasteiger partial charge < -0.3 is 15.6 Å². The summed E-state index contributed by atoms with van der Waals surface area (Å²) in [6.45, 7) is 2.90. The quantitative estimate of drug-likeness (QED) is 0.637. The number of rotatable bonds is 5. The van der Waals surface area contributed by atoms with Crippen LogP contribution in [0, 0.1) is 5.92 Å². The molecule has 0 saturated carbocycles. The molecule has 1 atom stereocenters. The fourth-order valence-electron chi connectivity index (χ4n) is 3.06. The Bertz CT molecular complexity index is 488. The Morgan fingerprint density at radius 1 is 1.52 bits per heavy atom. The number of hydrogen-bond donors (Lipinski definition) is 2. The molecule has 1 aliphatic rings. The normalized spacial score (nSPS) is 19.4. The lowest BCUT2D eigenvalue weighted by atomic mass is 9.94. The second kappa shape index (κ2) is 7.43. The first-order valence-corrected chi connectivity index (χ1v) is 7.44. The summed E-state index contributed by atoms with van der Waals surface area (Å²) >= 11 is 0. The van der Waals surface area contributed by atoms with Crippen molar-refractivity contribution in [3.05, 3.63) is 29.3 Å². The molecule has 1 aliphatic heterocycles. The highest BCUT2D eigenvalue weighted by molar-refractivity contribution is 5.96. The van der Waals surface area contributed by atoms with Gasteiger partial charge >= 0.3 is 5.97 Å². The number of piperidine rings is 1. The van der Waals surface area contributed by atoms with Crippen molar-refractivity contribution in [2.24, 2.45) is 5.92 Å². The molecule has 0 amide bonds. The average Bonchev–Trinajstić information content (AvgIpc) is 2.47. The lowest BCUT2D eigenvalue weighted by Gasteiger charge is -2.32. The third kappa shape index (κ3) is 3.95. The number of nitrogens with zero attached hydrogens (tertiary/aromatic N) is 1. The highest BCUT2D eigenvalue weighted by Gasteiger charge is 2.22. The van der Waals surface area contributed by atoms with E-state index in [2.05, 4.69) is 4.90 Å². The van der Waals surface area contributed by atoms with E-state index in [0.29, 0.717) is 23.7 Å². The Hall–Kier alpha value is -1.59. The minimum absolute atomic E-state index is 0.240. The maximum absolute atomic E-state index is 11.9. The fraction of sp³-hybridized carbons (Fsp3) is 0.562. The Morgan fingerprint density at radius 2 is 2.33 bits per heavy atom. The van der Waals surface area contributed by atoms with Crippen molar-refractivity contribution in [2.75, 3.05) is 32.5 Å². The summed E-state index contributed by atoms with van der Waals surface area (Å²) < 4.78 is 4.84. The van der Waals surface area contributed by atoms with Gasteiger partial charge in [0.15, 0.2) is 0 Å². The first-order valence-electron chi connectivity index (χ1n) is 7.44. The number of aliphatic hydroxyl groups is 1. The summed E-state index contributed by atoms with van der Waals surface area (Å²) in [6, 6.07) is 5.52. The van der Waals surface area contributed by atoms with Crippen LogP contribution in [0.3, 0.4) is 0 Å². The molecule has 5 heteroatoms. The molecule has 1 fully saturated rings. The van der Waals surface area contributed by atoms with Crippen LogP contribution in [-0.4, -0.2) is 42.8 Å². The number of nitrogens with two attached hydrogens (primary N) is 1. The number of hydrogen-bond acceptors (Lipinski definition) is 5. The number of carbonyl (C=O) groups is 1. The highest BCUT2D eigenvalue weighted by atomic mass is 16.5. The van der Waals surface area contributed by atoms with Gasteiger partial charge in [-0.3, -0.25) is 4.90 Å². The molecule has 0 aliphatic carbocycles. The van der Waals surface area contributed by atoms with E-state index < -0.39 is 0 Å². The van der Waals surface area contributed by atoms with Crippen LogP contribution < -0.4 is 5.73 Å². The Balaban J connectivity index is 2.12. The summed E-state index contributed by atoms with van der Waals surface area (Å²) in [5.74, 6) is 0.151. The Morgan fingerprint density at radius 3 is 3.05 bits per heavy atom. The van der Waals surface area contributed by atoms with Gasteiger partial charge in [-0.25, -0.2) is 4.79 Å². The van der Waals surface area contributed by atoms with Crippen molar-refractivity contribution in [3.8, 4) is 0 Å². The lowest BCUT2D eigenvalue weighted by Crippen LogP contribution is -2.35. The number of carbonyl (C=O) groups excluding carboxylic acids is 1. The van der Waals surface area contributed by atoms with E-state index in [9.17, 15) is 4.79 Å². The zero-order valence-electron chi connectivity index (χ0n) is 12.5. The summed E-state index contributed by atoms with van der Waals surface area (Å²) in [5, 5.41) is 9.08. The number of nitrogen functional groups attached to an aromatic ring is 1. The molecule has 21 heavy (non-hydrogen) atoms. The summed E-state index contributed by atoms with van der Waals surface area (Å²) in [7, 11) is 1.37. The zero-order valence-corrected chi connectivity index (χ0v) is 12.5. The predicted octanol–water partition coefficient (Wildman–Crippen LogP) is 1.65. The first-order chi connectivity index (χ1) is 10.2. The maximum atomic E-state index is 11.9. The van der Waals surface area contributed by atoms with Crippen LogP contribution in [0.5, 0.6) is 0 Å². The van der Waals surface area contributed by atoms with Crippen LogP contribution in [0.1, 0.15) is 35.2 Å². The molecule has 0 aromatic heterocycles. The van der Waals surface area contributed by atoms with Crippen molar-refractivity contribution >= 4 is 11.7 Å². The molecule has 116 valence electrons. The van der Waals surface area contributed by atoms with Gasteiger partial charge in [0.05, 0.1) is 12.7 Å².